The van der Waals surface area contributed by atoms with E-state index in [0.29, 0.717) is 35.6 Å². The zero-order chi connectivity index (χ0) is 26.9. The number of phenols is 1. The summed E-state index contributed by atoms with van der Waals surface area (Å²) in [6.07, 6.45) is 2.85. The maximum atomic E-state index is 12.5. The molecule has 1 atom stereocenters. The Bertz CT molecular complexity index is 953. The molecule has 34 heavy (non-hydrogen) atoms. The van der Waals surface area contributed by atoms with Gasteiger partial charge in [0.15, 0.2) is 10.6 Å². The van der Waals surface area contributed by atoms with E-state index in [1.165, 1.54) is 14.2 Å². The van der Waals surface area contributed by atoms with Crippen LogP contribution in [0.15, 0.2) is 4.90 Å². The molecule has 0 saturated carbocycles. The Kier molecular flexibility index (Phi) is 9.57. The third-order valence-corrected chi connectivity index (χ3v) is 7.30. The Morgan fingerprint density at radius 3 is 1.76 bits per heavy atom. The van der Waals surface area contributed by atoms with E-state index in [-0.39, 0.29) is 27.9 Å². The van der Waals surface area contributed by atoms with Crippen LogP contribution in [-0.4, -0.2) is 32.3 Å². The van der Waals surface area contributed by atoms with Crippen molar-refractivity contribution >= 4 is 10.1 Å². The molecule has 0 bridgehead atoms. The molecule has 0 aromatic heterocycles. The number of rotatable bonds is 11. The summed E-state index contributed by atoms with van der Waals surface area (Å²) in [4.78, 5) is -0.578. The van der Waals surface area contributed by atoms with Gasteiger partial charge in [-0.25, -0.2) is 0 Å². The van der Waals surface area contributed by atoms with E-state index in [4.69, 9.17) is 9.47 Å². The quantitative estimate of drug-likeness (QED) is 0.311. The summed E-state index contributed by atoms with van der Waals surface area (Å²) in [6.45, 7) is 21.5. The van der Waals surface area contributed by atoms with Crippen LogP contribution in [0.25, 0.3) is 0 Å². The maximum Gasteiger partial charge on any atom is 0.301 e. The molecule has 0 aliphatic rings. The highest BCUT2D eigenvalue weighted by Crippen LogP contribution is 2.61. The first kappa shape index (κ1) is 30.6. The van der Waals surface area contributed by atoms with Crippen LogP contribution in [0.2, 0.25) is 0 Å². The number of hydrogen-bond donors (Lipinski definition) is 2. The van der Waals surface area contributed by atoms with Crippen LogP contribution in [0.3, 0.4) is 0 Å². The summed E-state index contributed by atoms with van der Waals surface area (Å²) in [5.74, 6) is -0.00663. The summed E-state index contributed by atoms with van der Waals surface area (Å²) in [5, 5.41) is 11.6. The normalized spacial score (nSPS) is 14.4. The van der Waals surface area contributed by atoms with E-state index >= 15 is 0 Å². The Labute approximate surface area is 208 Å². The lowest BCUT2D eigenvalue weighted by Gasteiger charge is -2.49. The molecule has 1 aromatic rings. The molecule has 6 nitrogen and oxygen atoms in total. The highest BCUT2D eigenvalue weighted by molar-refractivity contribution is 7.86. The van der Waals surface area contributed by atoms with Crippen molar-refractivity contribution in [1.82, 2.24) is 0 Å². The van der Waals surface area contributed by atoms with Crippen LogP contribution >= 0.6 is 0 Å². The molecule has 0 fully saturated rings. The number of phenolic OH excluding ortho intramolecular Hbond substituents is 1. The Morgan fingerprint density at radius 2 is 1.41 bits per heavy atom. The lowest BCUT2D eigenvalue weighted by atomic mass is 9.56. The number of aromatic hydroxyl groups is 1. The first-order valence-electron chi connectivity index (χ1n) is 12.2. The molecule has 0 spiro atoms. The fourth-order valence-corrected chi connectivity index (χ4v) is 7.45. The summed E-state index contributed by atoms with van der Waals surface area (Å²) < 4.78 is 46.6. The number of hydrogen-bond acceptors (Lipinski definition) is 5. The van der Waals surface area contributed by atoms with Crippen molar-refractivity contribution in [3.8, 4) is 17.2 Å². The van der Waals surface area contributed by atoms with Crippen LogP contribution in [0.5, 0.6) is 17.2 Å². The van der Waals surface area contributed by atoms with Crippen molar-refractivity contribution in [1.29, 1.82) is 0 Å². The molecule has 1 aromatic carbocycles. The molecule has 7 heteroatoms. The van der Waals surface area contributed by atoms with Crippen molar-refractivity contribution in [3.63, 3.8) is 0 Å². The van der Waals surface area contributed by atoms with E-state index in [1.54, 1.807) is 0 Å². The number of methoxy groups -OCH3 is 2. The van der Waals surface area contributed by atoms with Gasteiger partial charge in [0.05, 0.1) is 14.2 Å². The Balaban J connectivity index is 4.33. The molecule has 0 heterocycles. The lowest BCUT2D eigenvalue weighted by molar-refractivity contribution is 0.0750. The second-order valence-corrected chi connectivity index (χ2v) is 14.0. The molecule has 0 radical (unpaired) electrons. The van der Waals surface area contributed by atoms with Crippen molar-refractivity contribution in [2.45, 2.75) is 106 Å². The second-order valence-electron chi connectivity index (χ2n) is 12.6. The molecular weight excluding hydrogens is 452 g/mol. The minimum Gasteiger partial charge on any atom is -0.506 e. The second kappa shape index (κ2) is 10.7. The summed E-state index contributed by atoms with van der Waals surface area (Å²) in [7, 11) is -1.90. The van der Waals surface area contributed by atoms with E-state index in [2.05, 4.69) is 62.3 Å². The molecule has 1 rings (SSSR count). The standard InChI is InChI=1S/C27H48O6S/c1-13-14-18-21(32-11)19(20(28)23(22(18)33-12)34(29,30)31)24(26(7,8)15-17(2)3)27(9,10)16-25(4,5)6/h17,24,28H,13-16H2,1-12H3,(H,29,30,31). The molecular formula is C27H48O6S. The SMILES string of the molecule is CCCc1c(OC)c(C(C(C)(C)CC(C)C)C(C)(C)CC(C)(C)C)c(O)c(S(=O)(=O)O)c1OC. The maximum absolute atomic E-state index is 12.5. The monoisotopic (exact) mass is 500 g/mol. The smallest absolute Gasteiger partial charge is 0.301 e. The zero-order valence-corrected chi connectivity index (χ0v) is 24.2. The van der Waals surface area contributed by atoms with E-state index in [9.17, 15) is 18.1 Å². The van der Waals surface area contributed by atoms with Crippen LogP contribution < -0.4 is 9.47 Å². The van der Waals surface area contributed by atoms with Crippen molar-refractivity contribution in [3.05, 3.63) is 11.1 Å². The van der Waals surface area contributed by atoms with Gasteiger partial charge in [-0.2, -0.15) is 8.42 Å². The molecule has 0 aliphatic heterocycles. The average Bonchev–Trinajstić information content (AvgIpc) is 2.59. The van der Waals surface area contributed by atoms with Gasteiger partial charge in [0.1, 0.15) is 11.5 Å². The number of ether oxygens (including phenoxy) is 2. The van der Waals surface area contributed by atoms with Gasteiger partial charge in [-0.15, -0.1) is 0 Å². The summed E-state index contributed by atoms with van der Waals surface area (Å²) in [5.41, 5.74) is 0.283. The highest BCUT2D eigenvalue weighted by atomic mass is 32.2. The number of benzene rings is 1. The van der Waals surface area contributed by atoms with Crippen molar-refractivity contribution in [2.24, 2.45) is 22.2 Å². The predicted molar refractivity (Wildman–Crippen MR) is 139 cm³/mol. The van der Waals surface area contributed by atoms with Crippen LogP contribution in [-0.2, 0) is 16.5 Å². The fourth-order valence-electron chi connectivity index (χ4n) is 6.65. The zero-order valence-electron chi connectivity index (χ0n) is 23.4. The van der Waals surface area contributed by atoms with Gasteiger partial charge in [-0.05, 0) is 41.4 Å². The van der Waals surface area contributed by atoms with Gasteiger partial charge in [0.25, 0.3) is 0 Å². The molecule has 2 N–H and O–H groups in total. The minimum atomic E-state index is -4.78. The van der Waals surface area contributed by atoms with Gasteiger partial charge in [0.2, 0.25) is 0 Å². The van der Waals surface area contributed by atoms with E-state index in [1.807, 2.05) is 6.92 Å². The van der Waals surface area contributed by atoms with Crippen LogP contribution in [0, 0.1) is 22.2 Å². The molecule has 198 valence electrons. The predicted octanol–water partition coefficient (Wildman–Crippen LogP) is 7.23. The first-order valence-corrected chi connectivity index (χ1v) is 13.7. The van der Waals surface area contributed by atoms with Gasteiger partial charge in [0, 0.05) is 17.0 Å². The summed E-state index contributed by atoms with van der Waals surface area (Å²) >= 11 is 0. The van der Waals surface area contributed by atoms with Gasteiger partial charge < -0.3 is 14.6 Å². The Hall–Kier alpha value is -1.47. The molecule has 0 saturated heterocycles. The van der Waals surface area contributed by atoms with Crippen LogP contribution in [0.4, 0.5) is 0 Å². The molecule has 0 aliphatic carbocycles. The van der Waals surface area contributed by atoms with Crippen molar-refractivity contribution < 1.29 is 27.6 Å². The average molecular weight is 501 g/mol. The topological polar surface area (TPSA) is 93.1 Å². The Morgan fingerprint density at radius 1 is 0.912 bits per heavy atom. The van der Waals surface area contributed by atoms with E-state index < -0.39 is 20.8 Å². The fraction of sp³-hybridized carbons (Fsp3) is 0.778. The third-order valence-electron chi connectivity index (χ3n) is 6.41. The van der Waals surface area contributed by atoms with E-state index in [0.717, 1.165) is 12.8 Å². The first-order chi connectivity index (χ1) is 15.2. The lowest BCUT2D eigenvalue weighted by Crippen LogP contribution is -2.38. The largest absolute Gasteiger partial charge is 0.506 e. The van der Waals surface area contributed by atoms with Gasteiger partial charge >= 0.3 is 10.1 Å². The van der Waals surface area contributed by atoms with Crippen molar-refractivity contribution in [2.75, 3.05) is 14.2 Å². The summed E-state index contributed by atoms with van der Waals surface area (Å²) in [6, 6.07) is 0. The van der Waals surface area contributed by atoms with Gasteiger partial charge in [-0.3, -0.25) is 4.55 Å². The van der Waals surface area contributed by atoms with Gasteiger partial charge in [-0.1, -0.05) is 75.7 Å². The molecule has 0 amide bonds. The third kappa shape index (κ3) is 6.81. The minimum absolute atomic E-state index is 0.0108. The molecule has 1 unspecified atom stereocenters. The highest BCUT2D eigenvalue weighted by Gasteiger charge is 2.48. The van der Waals surface area contributed by atoms with Crippen LogP contribution in [0.1, 0.15) is 106 Å².